The summed E-state index contributed by atoms with van der Waals surface area (Å²) in [5, 5.41) is 10.1. The molecule has 2 N–H and O–H groups in total. The van der Waals surface area contributed by atoms with Gasteiger partial charge in [0.25, 0.3) is 11.8 Å². The molecule has 0 spiro atoms. The molecule has 12 heteroatoms. The van der Waals surface area contributed by atoms with E-state index in [1.807, 2.05) is 121 Å². The van der Waals surface area contributed by atoms with Gasteiger partial charge in [0.15, 0.2) is 14.3 Å². The van der Waals surface area contributed by atoms with Crippen LogP contribution in [0.15, 0.2) is 194 Å². The Bertz CT molecular complexity index is 2730. The van der Waals surface area contributed by atoms with E-state index in [4.69, 9.17) is 46.4 Å². The van der Waals surface area contributed by atoms with Crippen molar-refractivity contribution in [3.63, 3.8) is 0 Å². The van der Waals surface area contributed by atoms with E-state index in [0.717, 1.165) is 0 Å². The van der Waals surface area contributed by atoms with Gasteiger partial charge in [-0.25, -0.2) is 0 Å². The van der Waals surface area contributed by atoms with E-state index < -0.39 is 26.1 Å². The molecule has 0 saturated heterocycles. The zero-order chi connectivity index (χ0) is 43.4. The van der Waals surface area contributed by atoms with Gasteiger partial charge in [0, 0.05) is 74.4 Å². The van der Waals surface area contributed by atoms with Crippen molar-refractivity contribution in [3.8, 4) is 11.1 Å². The average Bonchev–Trinajstić information content (AvgIpc) is 3.29. The minimum atomic E-state index is -3.78. The predicted molar refractivity (Wildman–Crippen MR) is 259 cm³/mol. The van der Waals surface area contributed by atoms with Crippen molar-refractivity contribution in [1.82, 2.24) is 0 Å². The molecule has 8 rings (SSSR count). The Hall–Kier alpha value is -5.68. The van der Waals surface area contributed by atoms with Crippen molar-refractivity contribution in [3.05, 3.63) is 225 Å². The number of amides is 2. The Morgan fingerprint density at radius 3 is 0.903 bits per heavy atom. The van der Waals surface area contributed by atoms with Gasteiger partial charge in [-0.2, -0.15) is 0 Å². The van der Waals surface area contributed by atoms with Crippen LogP contribution in [0, 0.1) is 0 Å². The van der Waals surface area contributed by atoms with Gasteiger partial charge in [-0.05, 0) is 83.9 Å². The summed E-state index contributed by atoms with van der Waals surface area (Å²) < 4.78 is 32.7. The Kier molecular flexibility index (Phi) is 12.7. The number of halogens is 4. The van der Waals surface area contributed by atoms with Crippen LogP contribution in [0.3, 0.4) is 0 Å². The molecule has 0 atom stereocenters. The minimum absolute atomic E-state index is 0.219. The third kappa shape index (κ3) is 8.82. The third-order valence-corrected chi connectivity index (χ3v) is 17.3. The molecule has 0 heterocycles. The average molecular weight is 931 g/mol. The van der Waals surface area contributed by atoms with E-state index in [0.29, 0.717) is 54.3 Å². The Balaban J connectivity index is 1.44. The molecule has 2 amide bonds. The van der Waals surface area contributed by atoms with Crippen molar-refractivity contribution in [2.45, 2.75) is 0 Å². The summed E-state index contributed by atoms with van der Waals surface area (Å²) in [6, 6.07) is 56.0. The Morgan fingerprint density at radius 1 is 0.355 bits per heavy atom. The standard InChI is InChI=1S/C50H34Cl4N2O4P2/c51-35-25-33(26-36(52)29-35)49(57)55-39-21-23-47(61(59,41-13-5-1-6-14-41)42-15-7-2-8-16-42)45(31-39)46-32-40(56-50(58)34-27-37(53)30-38(54)28-34)22-24-48(46)62(60,43-17-9-3-10-18-43)44-19-11-4-12-20-44/h1-32H,(H,55,57)(H,56,58). The van der Waals surface area contributed by atoms with Crippen LogP contribution in [0.1, 0.15) is 20.7 Å². The van der Waals surface area contributed by atoms with Crippen molar-refractivity contribution >= 4 is 116 Å². The fraction of sp³-hybridized carbons (Fsp3) is 0. The highest BCUT2D eigenvalue weighted by atomic mass is 35.5. The number of carbonyl (C=O) groups excluding carboxylic acids is 2. The van der Waals surface area contributed by atoms with E-state index in [-0.39, 0.29) is 31.2 Å². The van der Waals surface area contributed by atoms with Crippen molar-refractivity contribution in [2.75, 3.05) is 10.6 Å². The second-order valence-corrected chi connectivity index (χ2v) is 21.5. The van der Waals surface area contributed by atoms with Crippen LogP contribution in [0.4, 0.5) is 11.4 Å². The second kappa shape index (κ2) is 18.3. The first-order valence-corrected chi connectivity index (χ1v) is 24.1. The quantitative estimate of drug-likeness (QED) is 0.126. The van der Waals surface area contributed by atoms with E-state index in [2.05, 4.69) is 10.6 Å². The lowest BCUT2D eigenvalue weighted by molar-refractivity contribution is 0.101. The maximum atomic E-state index is 16.4. The molecule has 62 heavy (non-hydrogen) atoms. The normalized spacial score (nSPS) is 11.5. The second-order valence-electron chi connectivity index (χ2n) is 14.2. The predicted octanol–water partition coefficient (Wildman–Crippen LogP) is 11.8. The van der Waals surface area contributed by atoms with Gasteiger partial charge < -0.3 is 19.8 Å². The van der Waals surface area contributed by atoms with Gasteiger partial charge in [-0.3, -0.25) is 9.59 Å². The van der Waals surface area contributed by atoms with Gasteiger partial charge in [0.05, 0.1) is 0 Å². The van der Waals surface area contributed by atoms with E-state index >= 15 is 9.13 Å². The lowest BCUT2D eigenvalue weighted by Crippen LogP contribution is -2.30. The minimum Gasteiger partial charge on any atom is -0.322 e. The van der Waals surface area contributed by atoms with Crippen LogP contribution in [0.2, 0.25) is 20.1 Å². The van der Waals surface area contributed by atoms with Crippen LogP contribution in [0.25, 0.3) is 11.1 Å². The summed E-state index contributed by atoms with van der Waals surface area (Å²) in [4.78, 5) is 27.7. The largest absolute Gasteiger partial charge is 0.322 e. The zero-order valence-electron chi connectivity index (χ0n) is 32.5. The van der Waals surface area contributed by atoms with Crippen LogP contribution >= 0.6 is 60.7 Å². The summed E-state index contributed by atoms with van der Waals surface area (Å²) in [7, 11) is -7.55. The highest BCUT2D eigenvalue weighted by Gasteiger charge is 2.37. The molecule has 0 aliphatic carbocycles. The summed E-state index contributed by atoms with van der Waals surface area (Å²) >= 11 is 25.2. The molecule has 0 radical (unpaired) electrons. The van der Waals surface area contributed by atoms with Crippen molar-refractivity contribution < 1.29 is 18.7 Å². The van der Waals surface area contributed by atoms with E-state index in [1.165, 1.54) is 36.4 Å². The summed E-state index contributed by atoms with van der Waals surface area (Å²) in [6.07, 6.45) is 0. The zero-order valence-corrected chi connectivity index (χ0v) is 37.3. The van der Waals surface area contributed by atoms with Gasteiger partial charge in [-0.1, -0.05) is 168 Å². The van der Waals surface area contributed by atoms with Gasteiger partial charge >= 0.3 is 0 Å². The van der Waals surface area contributed by atoms with Crippen molar-refractivity contribution in [2.24, 2.45) is 0 Å². The molecule has 8 aromatic carbocycles. The first-order chi connectivity index (χ1) is 29.9. The van der Waals surface area contributed by atoms with Crippen LogP contribution in [-0.4, -0.2) is 11.8 Å². The monoisotopic (exact) mass is 928 g/mol. The smallest absolute Gasteiger partial charge is 0.255 e. The van der Waals surface area contributed by atoms with Gasteiger partial charge in [-0.15, -0.1) is 0 Å². The molecule has 8 aromatic rings. The topological polar surface area (TPSA) is 92.3 Å². The molecule has 6 nitrogen and oxygen atoms in total. The summed E-state index contributed by atoms with van der Waals surface area (Å²) in [5.41, 5.74) is 1.90. The van der Waals surface area contributed by atoms with Crippen LogP contribution in [0.5, 0.6) is 0 Å². The lowest BCUT2D eigenvalue weighted by atomic mass is 10.0. The number of hydrogen-bond donors (Lipinski definition) is 2. The fourth-order valence-corrected chi connectivity index (χ4v) is 14.1. The number of benzene rings is 8. The molecule has 0 aromatic heterocycles. The number of anilines is 2. The molecular formula is C50H34Cl4N2O4P2. The molecule has 0 unspecified atom stereocenters. The number of carbonyl (C=O) groups is 2. The molecule has 0 aliphatic heterocycles. The Labute approximate surface area is 379 Å². The molecule has 0 saturated carbocycles. The molecule has 0 fully saturated rings. The Morgan fingerprint density at radius 2 is 0.629 bits per heavy atom. The van der Waals surface area contributed by atoms with Gasteiger partial charge in [0.1, 0.15) is 0 Å². The van der Waals surface area contributed by atoms with Gasteiger partial charge in [0.2, 0.25) is 0 Å². The highest BCUT2D eigenvalue weighted by Crippen LogP contribution is 2.50. The first-order valence-electron chi connectivity index (χ1n) is 19.2. The number of rotatable bonds is 11. The highest BCUT2D eigenvalue weighted by molar-refractivity contribution is 7.86. The molecule has 0 bridgehead atoms. The van der Waals surface area contributed by atoms with Crippen LogP contribution in [-0.2, 0) is 9.13 Å². The number of nitrogens with one attached hydrogen (secondary N) is 2. The molecular weight excluding hydrogens is 896 g/mol. The SMILES string of the molecule is O=C(Nc1ccc(P(=O)(c2ccccc2)c2ccccc2)c(-c2cc(NC(=O)c3cc(Cl)cc(Cl)c3)ccc2P(=O)(c2ccccc2)c2ccccc2)c1)c1cc(Cl)cc(Cl)c1. The van der Waals surface area contributed by atoms with Crippen LogP contribution < -0.4 is 42.5 Å². The maximum absolute atomic E-state index is 16.4. The van der Waals surface area contributed by atoms with E-state index in [1.54, 1.807) is 36.4 Å². The molecule has 0 aliphatic rings. The molecule has 306 valence electrons. The third-order valence-electron chi connectivity index (χ3n) is 10.2. The first kappa shape index (κ1) is 43.0. The lowest BCUT2D eigenvalue weighted by Gasteiger charge is -2.27. The fourth-order valence-electron chi connectivity index (χ4n) is 7.39. The van der Waals surface area contributed by atoms with Crippen molar-refractivity contribution in [1.29, 1.82) is 0 Å². The summed E-state index contributed by atoms with van der Waals surface area (Å²) in [6.45, 7) is 0. The number of hydrogen-bond acceptors (Lipinski definition) is 4. The summed E-state index contributed by atoms with van der Waals surface area (Å²) in [5.74, 6) is -0.994. The van der Waals surface area contributed by atoms with E-state index in [9.17, 15) is 9.59 Å². The maximum Gasteiger partial charge on any atom is 0.255 e.